The van der Waals surface area contributed by atoms with Gasteiger partial charge in [-0.2, -0.15) is 0 Å². The lowest BCUT2D eigenvalue weighted by Crippen LogP contribution is -2.45. The Hall–Kier alpha value is -1.06. The third kappa shape index (κ3) is 2.49. The van der Waals surface area contributed by atoms with Crippen LogP contribution in [0.5, 0.6) is 0 Å². The predicted molar refractivity (Wildman–Crippen MR) is 81.2 cm³/mol. The van der Waals surface area contributed by atoms with E-state index in [1.165, 1.54) is 11.1 Å². The summed E-state index contributed by atoms with van der Waals surface area (Å²) in [7, 11) is 0. The topological polar surface area (TPSA) is 20.3 Å². The Morgan fingerprint density at radius 3 is 2.79 bits per heavy atom. The number of hydrogen-bond acceptors (Lipinski definition) is 2. The van der Waals surface area contributed by atoms with Crippen molar-refractivity contribution in [2.75, 3.05) is 12.4 Å². The Morgan fingerprint density at radius 1 is 1.37 bits per heavy atom. The molecule has 1 saturated carbocycles. The molecule has 100 valence electrons. The van der Waals surface area contributed by atoms with E-state index in [1.807, 2.05) is 23.1 Å². The van der Waals surface area contributed by atoms with Crippen LogP contribution in [0.15, 0.2) is 30.3 Å². The molecule has 1 aliphatic rings. The molecule has 1 fully saturated rings. The van der Waals surface area contributed by atoms with E-state index in [2.05, 4.69) is 12.1 Å². The van der Waals surface area contributed by atoms with Gasteiger partial charge < -0.3 is 4.90 Å². The first kappa shape index (κ1) is 12.9. The minimum absolute atomic E-state index is 0.145. The van der Waals surface area contributed by atoms with Gasteiger partial charge in [-0.3, -0.25) is 4.79 Å². The van der Waals surface area contributed by atoms with Crippen LogP contribution in [-0.4, -0.2) is 29.3 Å². The second-order valence-corrected chi connectivity index (χ2v) is 6.38. The molecular formula is C15H16ClNOS. The smallest absolute Gasteiger partial charge is 0.264 e. The Balaban J connectivity index is 1.87. The number of hydrogen-bond donors (Lipinski definition) is 0. The van der Waals surface area contributed by atoms with Crippen molar-refractivity contribution >= 4 is 38.9 Å². The van der Waals surface area contributed by atoms with Crippen LogP contribution in [0.1, 0.15) is 28.9 Å². The lowest BCUT2D eigenvalue weighted by molar-refractivity contribution is 0.0603. The molecule has 1 heterocycles. The molecule has 0 radical (unpaired) electrons. The predicted octanol–water partition coefficient (Wildman–Crippen LogP) is 4.13. The summed E-state index contributed by atoms with van der Waals surface area (Å²) in [5.74, 6) is 0.652. The number of carbonyl (C=O) groups is 1. The van der Waals surface area contributed by atoms with E-state index in [0.717, 1.165) is 23.1 Å². The van der Waals surface area contributed by atoms with Crippen LogP contribution in [0.4, 0.5) is 0 Å². The van der Waals surface area contributed by atoms with Gasteiger partial charge in [0, 0.05) is 23.2 Å². The third-order valence-electron chi connectivity index (χ3n) is 3.74. The maximum atomic E-state index is 12.6. The molecule has 0 atom stereocenters. The summed E-state index contributed by atoms with van der Waals surface area (Å²) in [4.78, 5) is 15.4. The van der Waals surface area contributed by atoms with Crippen molar-refractivity contribution in [1.29, 1.82) is 0 Å². The summed E-state index contributed by atoms with van der Waals surface area (Å²) < 4.78 is 1.17. The Morgan fingerprint density at radius 2 is 2.16 bits per heavy atom. The molecule has 0 aliphatic heterocycles. The summed E-state index contributed by atoms with van der Waals surface area (Å²) in [6.07, 6.45) is 3.46. The second-order valence-electron chi connectivity index (χ2n) is 4.92. The Bertz CT molecular complexity index is 558. The zero-order valence-electron chi connectivity index (χ0n) is 10.6. The van der Waals surface area contributed by atoms with E-state index < -0.39 is 0 Å². The summed E-state index contributed by atoms with van der Waals surface area (Å²) in [6.45, 7) is 0.652. The molecule has 19 heavy (non-hydrogen) atoms. The lowest BCUT2D eigenvalue weighted by atomic mass is 9.91. The van der Waals surface area contributed by atoms with E-state index in [4.69, 9.17) is 11.6 Å². The maximum Gasteiger partial charge on any atom is 0.264 e. The zero-order valence-corrected chi connectivity index (χ0v) is 12.2. The van der Waals surface area contributed by atoms with Crippen molar-refractivity contribution in [3.63, 3.8) is 0 Å². The number of rotatable bonds is 4. The third-order valence-corrected chi connectivity index (χ3v) is 5.01. The normalized spacial score (nSPS) is 15.4. The van der Waals surface area contributed by atoms with Gasteiger partial charge >= 0.3 is 0 Å². The van der Waals surface area contributed by atoms with E-state index in [-0.39, 0.29) is 5.91 Å². The number of thiophene rings is 1. The van der Waals surface area contributed by atoms with Gasteiger partial charge in [0.15, 0.2) is 0 Å². The minimum atomic E-state index is 0.145. The molecule has 0 unspecified atom stereocenters. The van der Waals surface area contributed by atoms with Crippen LogP contribution >= 0.6 is 22.9 Å². The molecule has 1 aliphatic carbocycles. The van der Waals surface area contributed by atoms with Crippen molar-refractivity contribution in [2.24, 2.45) is 0 Å². The molecule has 1 aromatic carbocycles. The van der Waals surface area contributed by atoms with Crippen molar-refractivity contribution < 1.29 is 4.79 Å². The molecule has 0 bridgehead atoms. The number of fused-ring (bicyclic) bond motifs is 1. The van der Waals surface area contributed by atoms with E-state index in [1.54, 1.807) is 11.3 Å². The molecule has 2 aromatic rings. The number of halogens is 1. The second kappa shape index (κ2) is 5.51. The van der Waals surface area contributed by atoms with E-state index in [9.17, 15) is 4.79 Å². The first-order chi connectivity index (χ1) is 9.29. The largest absolute Gasteiger partial charge is 0.334 e. The van der Waals surface area contributed by atoms with Gasteiger partial charge in [-0.25, -0.2) is 0 Å². The van der Waals surface area contributed by atoms with Crippen LogP contribution in [0.2, 0.25) is 0 Å². The Labute approximate surface area is 122 Å². The summed E-state index contributed by atoms with van der Waals surface area (Å²) in [5.41, 5.74) is 0. The van der Waals surface area contributed by atoms with Crippen molar-refractivity contribution in [3.8, 4) is 0 Å². The first-order valence-electron chi connectivity index (χ1n) is 6.65. The average molecular weight is 294 g/mol. The number of carbonyl (C=O) groups excluding carboxylic acids is 1. The average Bonchev–Trinajstić information content (AvgIpc) is 2.79. The summed E-state index contributed by atoms with van der Waals surface area (Å²) in [5, 5.41) is 1.15. The molecule has 3 rings (SSSR count). The zero-order chi connectivity index (χ0) is 13.2. The molecule has 4 heteroatoms. The van der Waals surface area contributed by atoms with Gasteiger partial charge in [-0.15, -0.1) is 22.9 Å². The van der Waals surface area contributed by atoms with Crippen LogP contribution in [0.25, 0.3) is 10.1 Å². The number of benzene rings is 1. The first-order valence-corrected chi connectivity index (χ1v) is 8.00. The highest BCUT2D eigenvalue weighted by molar-refractivity contribution is 7.20. The molecule has 0 saturated heterocycles. The summed E-state index contributed by atoms with van der Waals surface area (Å²) >= 11 is 7.42. The maximum absolute atomic E-state index is 12.6. The van der Waals surface area contributed by atoms with Gasteiger partial charge in [-0.05, 0) is 36.8 Å². The van der Waals surface area contributed by atoms with Gasteiger partial charge in [0.2, 0.25) is 0 Å². The van der Waals surface area contributed by atoms with E-state index in [0.29, 0.717) is 18.5 Å². The quantitative estimate of drug-likeness (QED) is 0.776. The number of amides is 1. The van der Waals surface area contributed by atoms with E-state index >= 15 is 0 Å². The van der Waals surface area contributed by atoms with Crippen molar-refractivity contribution in [2.45, 2.75) is 25.3 Å². The van der Waals surface area contributed by atoms with Gasteiger partial charge in [0.05, 0.1) is 4.88 Å². The monoisotopic (exact) mass is 293 g/mol. The number of nitrogens with zero attached hydrogens (tertiary/aromatic N) is 1. The molecule has 0 N–H and O–H groups in total. The standard InChI is InChI=1S/C15H16ClNOS/c16-8-9-17(12-5-3-6-12)15(18)14-10-11-4-1-2-7-13(11)19-14/h1-2,4,7,10,12H,3,5-6,8-9H2. The molecule has 0 spiro atoms. The van der Waals surface area contributed by atoms with Crippen molar-refractivity contribution in [1.82, 2.24) is 4.90 Å². The van der Waals surface area contributed by atoms with Gasteiger partial charge in [-0.1, -0.05) is 18.2 Å². The molecule has 2 nitrogen and oxygen atoms in total. The van der Waals surface area contributed by atoms with Crippen LogP contribution in [0.3, 0.4) is 0 Å². The lowest BCUT2D eigenvalue weighted by Gasteiger charge is -2.37. The number of alkyl halides is 1. The fourth-order valence-electron chi connectivity index (χ4n) is 2.47. The molecule has 1 amide bonds. The van der Waals surface area contributed by atoms with Gasteiger partial charge in [0.1, 0.15) is 0 Å². The molecule has 1 aromatic heterocycles. The Kier molecular flexibility index (Phi) is 3.76. The SMILES string of the molecule is O=C(c1cc2ccccc2s1)N(CCCl)C1CCC1. The highest BCUT2D eigenvalue weighted by atomic mass is 35.5. The van der Waals surface area contributed by atoms with Crippen LogP contribution in [0, 0.1) is 0 Å². The highest BCUT2D eigenvalue weighted by Crippen LogP contribution is 2.30. The van der Waals surface area contributed by atoms with Crippen molar-refractivity contribution in [3.05, 3.63) is 35.2 Å². The minimum Gasteiger partial charge on any atom is -0.334 e. The fraction of sp³-hybridized carbons (Fsp3) is 0.400. The molecular weight excluding hydrogens is 278 g/mol. The van der Waals surface area contributed by atoms with Crippen LogP contribution < -0.4 is 0 Å². The highest BCUT2D eigenvalue weighted by Gasteiger charge is 2.29. The van der Waals surface area contributed by atoms with Crippen LogP contribution in [-0.2, 0) is 0 Å². The fourth-order valence-corrected chi connectivity index (χ4v) is 3.67. The summed E-state index contributed by atoms with van der Waals surface area (Å²) in [6, 6.07) is 10.5. The van der Waals surface area contributed by atoms with Gasteiger partial charge in [0.25, 0.3) is 5.91 Å².